The number of hydrogen-bond donors (Lipinski definition) is 1. The van der Waals surface area contributed by atoms with E-state index < -0.39 is 0 Å². The standard InChI is InChI=1S/C17H23NOS/c19-17(16-12-13-7-8-14(16)11-13)18-9-4-10-20-15-5-2-1-3-6-15/h1-3,5-6,13-14,16H,4,7-12H2,(H,18,19). The molecule has 2 fully saturated rings. The van der Waals surface area contributed by atoms with Crippen molar-refractivity contribution in [2.24, 2.45) is 17.8 Å². The van der Waals surface area contributed by atoms with Gasteiger partial charge in [0.1, 0.15) is 0 Å². The number of rotatable bonds is 6. The van der Waals surface area contributed by atoms with E-state index >= 15 is 0 Å². The van der Waals surface area contributed by atoms with Crippen LogP contribution in [0.2, 0.25) is 0 Å². The smallest absolute Gasteiger partial charge is 0.223 e. The summed E-state index contributed by atoms with van der Waals surface area (Å²) in [6, 6.07) is 10.5. The van der Waals surface area contributed by atoms with Crippen LogP contribution in [0.15, 0.2) is 35.2 Å². The van der Waals surface area contributed by atoms with Crippen LogP contribution in [0.25, 0.3) is 0 Å². The highest BCUT2D eigenvalue weighted by atomic mass is 32.2. The average Bonchev–Trinajstić information content (AvgIpc) is 3.10. The molecule has 2 bridgehead atoms. The van der Waals surface area contributed by atoms with Crippen LogP contribution in [0, 0.1) is 17.8 Å². The van der Waals surface area contributed by atoms with E-state index in [1.165, 1.54) is 24.2 Å². The minimum absolute atomic E-state index is 0.321. The molecule has 108 valence electrons. The van der Waals surface area contributed by atoms with E-state index in [1.807, 2.05) is 17.8 Å². The Morgan fingerprint density at radius 2 is 2.05 bits per heavy atom. The Kier molecular flexibility index (Phi) is 4.66. The average molecular weight is 289 g/mol. The molecule has 0 heterocycles. The van der Waals surface area contributed by atoms with E-state index in [4.69, 9.17) is 0 Å². The summed E-state index contributed by atoms with van der Waals surface area (Å²) < 4.78 is 0. The van der Waals surface area contributed by atoms with Crippen molar-refractivity contribution in [2.45, 2.75) is 37.0 Å². The SMILES string of the molecule is O=C(NCCCSc1ccccc1)C1CC2CCC1C2. The van der Waals surface area contributed by atoms with E-state index in [-0.39, 0.29) is 0 Å². The largest absolute Gasteiger partial charge is 0.356 e. The zero-order valence-electron chi connectivity index (χ0n) is 11.9. The van der Waals surface area contributed by atoms with Crippen LogP contribution in [0.1, 0.15) is 32.1 Å². The summed E-state index contributed by atoms with van der Waals surface area (Å²) in [5.41, 5.74) is 0. The quantitative estimate of drug-likeness (QED) is 0.639. The molecule has 20 heavy (non-hydrogen) atoms. The predicted molar refractivity (Wildman–Crippen MR) is 83.7 cm³/mol. The van der Waals surface area contributed by atoms with Gasteiger partial charge in [-0.3, -0.25) is 4.79 Å². The van der Waals surface area contributed by atoms with E-state index in [0.717, 1.165) is 31.1 Å². The number of hydrogen-bond acceptors (Lipinski definition) is 2. The highest BCUT2D eigenvalue weighted by Gasteiger charge is 2.42. The number of carbonyl (C=O) groups excluding carboxylic acids is 1. The van der Waals surface area contributed by atoms with E-state index in [2.05, 4.69) is 29.6 Å². The minimum atomic E-state index is 0.321. The Labute approximate surface area is 125 Å². The number of carbonyl (C=O) groups is 1. The lowest BCUT2D eigenvalue weighted by molar-refractivity contribution is -0.126. The second kappa shape index (κ2) is 6.66. The molecule has 2 nitrogen and oxygen atoms in total. The summed E-state index contributed by atoms with van der Waals surface area (Å²) in [5, 5.41) is 3.14. The maximum atomic E-state index is 12.2. The van der Waals surface area contributed by atoms with Gasteiger partial charge in [-0.2, -0.15) is 0 Å². The molecule has 3 atom stereocenters. The molecule has 1 aromatic rings. The summed E-state index contributed by atoms with van der Waals surface area (Å²) >= 11 is 1.87. The van der Waals surface area contributed by atoms with Gasteiger partial charge in [0.25, 0.3) is 0 Å². The van der Waals surface area contributed by atoms with Gasteiger partial charge in [-0.05, 0) is 55.4 Å². The van der Waals surface area contributed by atoms with Crippen molar-refractivity contribution >= 4 is 17.7 Å². The number of nitrogens with one attached hydrogen (secondary N) is 1. The second-order valence-electron chi connectivity index (χ2n) is 6.09. The molecule has 1 amide bonds. The molecule has 1 aromatic carbocycles. The van der Waals surface area contributed by atoms with Crippen LogP contribution in [0.5, 0.6) is 0 Å². The fourth-order valence-corrected chi connectivity index (χ4v) is 4.56. The van der Waals surface area contributed by atoms with Crippen LogP contribution < -0.4 is 5.32 Å². The topological polar surface area (TPSA) is 29.1 Å². The first-order valence-electron chi connectivity index (χ1n) is 7.78. The molecular weight excluding hydrogens is 266 g/mol. The molecule has 0 radical (unpaired) electrons. The Hall–Kier alpha value is -0.960. The van der Waals surface area contributed by atoms with Gasteiger partial charge < -0.3 is 5.32 Å². The van der Waals surface area contributed by atoms with Crippen molar-refractivity contribution in [3.63, 3.8) is 0 Å². The molecule has 0 aromatic heterocycles. The molecule has 2 saturated carbocycles. The van der Waals surface area contributed by atoms with Crippen molar-refractivity contribution in [1.82, 2.24) is 5.32 Å². The molecular formula is C17H23NOS. The summed E-state index contributed by atoms with van der Waals surface area (Å²) in [4.78, 5) is 13.5. The fraction of sp³-hybridized carbons (Fsp3) is 0.588. The van der Waals surface area contributed by atoms with E-state index in [1.54, 1.807) is 0 Å². The molecule has 0 aliphatic heterocycles. The van der Waals surface area contributed by atoms with Crippen LogP contribution in [-0.4, -0.2) is 18.2 Å². The van der Waals surface area contributed by atoms with Gasteiger partial charge in [0.15, 0.2) is 0 Å². The minimum Gasteiger partial charge on any atom is -0.356 e. The maximum absolute atomic E-state index is 12.2. The summed E-state index contributed by atoms with van der Waals surface area (Å²) in [7, 11) is 0. The third-order valence-corrected chi connectivity index (χ3v) is 5.81. The van der Waals surface area contributed by atoms with Crippen LogP contribution in [0.4, 0.5) is 0 Å². The first kappa shape index (κ1) is 14.0. The van der Waals surface area contributed by atoms with Gasteiger partial charge in [0.2, 0.25) is 5.91 Å². The molecule has 0 spiro atoms. The monoisotopic (exact) mass is 289 g/mol. The zero-order valence-corrected chi connectivity index (χ0v) is 12.7. The Morgan fingerprint density at radius 3 is 2.75 bits per heavy atom. The summed E-state index contributed by atoms with van der Waals surface area (Å²) in [6.45, 7) is 0.826. The van der Waals surface area contributed by atoms with Gasteiger partial charge in [-0.1, -0.05) is 24.6 Å². The molecule has 2 aliphatic carbocycles. The van der Waals surface area contributed by atoms with Gasteiger partial charge in [-0.25, -0.2) is 0 Å². The lowest BCUT2D eigenvalue weighted by Crippen LogP contribution is -2.34. The molecule has 2 aliphatic rings. The fourth-order valence-electron chi connectivity index (χ4n) is 3.69. The lowest BCUT2D eigenvalue weighted by atomic mass is 9.88. The van der Waals surface area contributed by atoms with Crippen molar-refractivity contribution in [2.75, 3.05) is 12.3 Å². The van der Waals surface area contributed by atoms with Crippen molar-refractivity contribution in [1.29, 1.82) is 0 Å². The molecule has 1 N–H and O–H groups in total. The molecule has 3 rings (SSSR count). The number of fused-ring (bicyclic) bond motifs is 2. The normalized spacial score (nSPS) is 27.7. The Morgan fingerprint density at radius 1 is 1.20 bits per heavy atom. The van der Waals surface area contributed by atoms with Gasteiger partial charge in [0, 0.05) is 17.4 Å². The zero-order chi connectivity index (χ0) is 13.8. The first-order valence-corrected chi connectivity index (χ1v) is 8.77. The lowest BCUT2D eigenvalue weighted by Gasteiger charge is -2.20. The first-order chi connectivity index (χ1) is 9.83. The molecule has 0 saturated heterocycles. The van der Waals surface area contributed by atoms with Gasteiger partial charge >= 0.3 is 0 Å². The summed E-state index contributed by atoms with van der Waals surface area (Å²) in [6.07, 6.45) is 6.15. The highest BCUT2D eigenvalue weighted by Crippen LogP contribution is 2.48. The van der Waals surface area contributed by atoms with Crippen molar-refractivity contribution in [3.05, 3.63) is 30.3 Å². The number of amides is 1. The van der Waals surface area contributed by atoms with Crippen LogP contribution in [0.3, 0.4) is 0 Å². The van der Waals surface area contributed by atoms with Crippen LogP contribution in [-0.2, 0) is 4.79 Å². The summed E-state index contributed by atoms with van der Waals surface area (Å²) in [5.74, 6) is 3.27. The Balaban J connectivity index is 1.31. The number of benzene rings is 1. The van der Waals surface area contributed by atoms with E-state index in [0.29, 0.717) is 17.7 Å². The van der Waals surface area contributed by atoms with Gasteiger partial charge in [0.05, 0.1) is 0 Å². The predicted octanol–water partition coefficient (Wildman–Crippen LogP) is 3.72. The van der Waals surface area contributed by atoms with Gasteiger partial charge in [-0.15, -0.1) is 11.8 Å². The third kappa shape index (κ3) is 3.38. The Bertz CT molecular complexity index is 448. The number of thioether (sulfide) groups is 1. The van der Waals surface area contributed by atoms with Crippen molar-refractivity contribution in [3.8, 4) is 0 Å². The van der Waals surface area contributed by atoms with E-state index in [9.17, 15) is 4.79 Å². The molecule has 3 heteroatoms. The second-order valence-corrected chi connectivity index (χ2v) is 7.26. The molecule has 3 unspecified atom stereocenters. The maximum Gasteiger partial charge on any atom is 0.223 e. The van der Waals surface area contributed by atoms with Crippen molar-refractivity contribution < 1.29 is 4.79 Å². The van der Waals surface area contributed by atoms with Crippen LogP contribution >= 0.6 is 11.8 Å². The third-order valence-electron chi connectivity index (χ3n) is 4.71. The highest BCUT2D eigenvalue weighted by molar-refractivity contribution is 7.99.